The maximum Gasteiger partial charge on any atom is 0.254 e. The summed E-state index contributed by atoms with van der Waals surface area (Å²) in [7, 11) is 1.57. The molecule has 1 aliphatic carbocycles. The van der Waals surface area contributed by atoms with Crippen molar-refractivity contribution in [3.05, 3.63) is 24.2 Å². The minimum absolute atomic E-state index is 0.0268. The van der Waals surface area contributed by atoms with Crippen molar-refractivity contribution in [2.45, 2.75) is 44.9 Å². The fraction of sp³-hybridized carbons (Fsp3) is 0.615. The molecule has 0 saturated heterocycles. The molecule has 0 N–H and O–H groups in total. The van der Waals surface area contributed by atoms with Gasteiger partial charge in [-0.15, -0.1) is 0 Å². The van der Waals surface area contributed by atoms with E-state index >= 15 is 0 Å². The first-order valence-electron chi connectivity index (χ1n) is 5.93. The van der Waals surface area contributed by atoms with Crippen molar-refractivity contribution in [3.63, 3.8) is 0 Å². The van der Waals surface area contributed by atoms with Crippen LogP contribution in [0.2, 0.25) is 0 Å². The summed E-state index contributed by atoms with van der Waals surface area (Å²) in [5.41, 5.74) is -0.769. The van der Waals surface area contributed by atoms with Gasteiger partial charge in [0, 0.05) is 13.2 Å². The third kappa shape index (κ3) is 2.69. The van der Waals surface area contributed by atoms with Crippen molar-refractivity contribution in [2.75, 3.05) is 7.11 Å². The molecule has 0 aliphatic heterocycles. The first-order chi connectivity index (χ1) is 8.04. The largest absolute Gasteiger partial charge is 0.467 e. The van der Waals surface area contributed by atoms with Crippen molar-refractivity contribution in [3.8, 4) is 0 Å². The summed E-state index contributed by atoms with van der Waals surface area (Å²) < 4.78 is 10.6. The average molecular weight is 237 g/mol. The lowest BCUT2D eigenvalue weighted by atomic mass is 10.1. The second kappa shape index (κ2) is 4.53. The Morgan fingerprint density at radius 1 is 1.59 bits per heavy atom. The van der Waals surface area contributed by atoms with E-state index in [9.17, 15) is 4.79 Å². The Labute approximate surface area is 102 Å². The molecule has 0 radical (unpaired) electrons. The van der Waals surface area contributed by atoms with E-state index in [1.54, 1.807) is 27.2 Å². The second-order valence-corrected chi connectivity index (χ2v) is 4.96. The van der Waals surface area contributed by atoms with Crippen LogP contribution < -0.4 is 0 Å². The first-order valence-corrected chi connectivity index (χ1v) is 5.93. The fourth-order valence-electron chi connectivity index (χ4n) is 1.76. The predicted molar refractivity (Wildman–Crippen MR) is 63.4 cm³/mol. The van der Waals surface area contributed by atoms with Crippen LogP contribution in [0, 0.1) is 0 Å². The monoisotopic (exact) mass is 237 g/mol. The molecule has 1 aromatic rings. The second-order valence-electron chi connectivity index (χ2n) is 4.96. The van der Waals surface area contributed by atoms with Crippen LogP contribution >= 0.6 is 0 Å². The van der Waals surface area contributed by atoms with E-state index in [4.69, 9.17) is 9.15 Å². The molecule has 0 atom stereocenters. The molecule has 1 amide bonds. The Hall–Kier alpha value is -1.29. The molecule has 17 heavy (non-hydrogen) atoms. The lowest BCUT2D eigenvalue weighted by molar-refractivity contribution is -0.152. The summed E-state index contributed by atoms with van der Waals surface area (Å²) in [5.74, 6) is 0.844. The predicted octanol–water partition coefficient (Wildman–Crippen LogP) is 2.20. The molecular weight excluding hydrogens is 218 g/mol. The topological polar surface area (TPSA) is 42.7 Å². The molecule has 2 rings (SSSR count). The van der Waals surface area contributed by atoms with Crippen molar-refractivity contribution in [1.29, 1.82) is 0 Å². The zero-order valence-electron chi connectivity index (χ0n) is 10.6. The van der Waals surface area contributed by atoms with E-state index < -0.39 is 5.60 Å². The van der Waals surface area contributed by atoms with Gasteiger partial charge in [0.25, 0.3) is 5.91 Å². The summed E-state index contributed by atoms with van der Waals surface area (Å²) >= 11 is 0. The number of methoxy groups -OCH3 is 1. The van der Waals surface area contributed by atoms with Crippen LogP contribution in [-0.4, -0.2) is 29.6 Å². The minimum atomic E-state index is -0.769. The number of carbonyl (C=O) groups excluding carboxylic acids is 1. The van der Waals surface area contributed by atoms with Crippen molar-refractivity contribution < 1.29 is 13.9 Å². The van der Waals surface area contributed by atoms with E-state index in [0.29, 0.717) is 12.6 Å². The first kappa shape index (κ1) is 12.2. The molecule has 1 saturated carbocycles. The summed E-state index contributed by atoms with van der Waals surface area (Å²) in [6.07, 6.45) is 3.78. The molecule has 4 nitrogen and oxygen atoms in total. The van der Waals surface area contributed by atoms with Gasteiger partial charge < -0.3 is 14.1 Å². The smallest absolute Gasteiger partial charge is 0.254 e. The summed E-state index contributed by atoms with van der Waals surface area (Å²) in [6.45, 7) is 4.13. The van der Waals surface area contributed by atoms with Crippen LogP contribution in [0.25, 0.3) is 0 Å². The summed E-state index contributed by atoms with van der Waals surface area (Å²) in [6, 6.07) is 4.08. The third-order valence-corrected chi connectivity index (χ3v) is 3.18. The van der Waals surface area contributed by atoms with Gasteiger partial charge in [-0.3, -0.25) is 4.79 Å². The molecule has 1 aliphatic rings. The van der Waals surface area contributed by atoms with Gasteiger partial charge in [0.05, 0.1) is 12.8 Å². The fourth-order valence-corrected chi connectivity index (χ4v) is 1.76. The quantitative estimate of drug-likeness (QED) is 0.788. The van der Waals surface area contributed by atoms with Gasteiger partial charge in [0.2, 0.25) is 0 Å². The molecule has 94 valence electrons. The van der Waals surface area contributed by atoms with Gasteiger partial charge in [-0.2, -0.15) is 0 Å². The molecule has 0 aromatic carbocycles. The highest BCUT2D eigenvalue weighted by atomic mass is 16.5. The van der Waals surface area contributed by atoms with Crippen LogP contribution in [0.4, 0.5) is 0 Å². The number of ether oxygens (including phenoxy) is 1. The number of amides is 1. The van der Waals surface area contributed by atoms with Crippen LogP contribution in [0.15, 0.2) is 22.8 Å². The Balaban J connectivity index is 2.10. The molecule has 0 bridgehead atoms. The average Bonchev–Trinajstić information content (AvgIpc) is 3.03. The van der Waals surface area contributed by atoms with Gasteiger partial charge in [-0.1, -0.05) is 0 Å². The summed E-state index contributed by atoms with van der Waals surface area (Å²) in [5, 5.41) is 0. The van der Waals surface area contributed by atoms with E-state index in [2.05, 4.69) is 0 Å². The molecule has 0 spiro atoms. The Kier molecular flexibility index (Phi) is 3.24. The molecule has 1 fully saturated rings. The van der Waals surface area contributed by atoms with Crippen LogP contribution in [0.5, 0.6) is 0 Å². The minimum Gasteiger partial charge on any atom is -0.467 e. The van der Waals surface area contributed by atoms with Crippen LogP contribution in [0.1, 0.15) is 32.4 Å². The Bertz CT molecular complexity index is 379. The maximum atomic E-state index is 12.4. The molecule has 4 heteroatoms. The van der Waals surface area contributed by atoms with Gasteiger partial charge >= 0.3 is 0 Å². The number of nitrogens with zero attached hydrogens (tertiary/aromatic N) is 1. The molecule has 1 heterocycles. The van der Waals surface area contributed by atoms with Crippen molar-refractivity contribution >= 4 is 5.91 Å². The molecule has 1 aromatic heterocycles. The SMILES string of the molecule is COC(C)(C)C(=O)N(Cc1ccco1)C1CC1. The van der Waals surface area contributed by atoms with Gasteiger partial charge in [-0.25, -0.2) is 0 Å². The van der Waals surface area contributed by atoms with Crippen molar-refractivity contribution in [1.82, 2.24) is 4.90 Å². The Morgan fingerprint density at radius 3 is 2.76 bits per heavy atom. The number of furan rings is 1. The lowest BCUT2D eigenvalue weighted by Crippen LogP contribution is -2.47. The van der Waals surface area contributed by atoms with E-state index in [1.807, 2.05) is 17.0 Å². The zero-order chi connectivity index (χ0) is 12.5. The third-order valence-electron chi connectivity index (χ3n) is 3.18. The van der Waals surface area contributed by atoms with Gasteiger partial charge in [-0.05, 0) is 38.8 Å². The maximum absolute atomic E-state index is 12.4. The standard InChI is InChI=1S/C13H19NO3/c1-13(2,16-3)12(15)14(10-6-7-10)9-11-5-4-8-17-11/h4-5,8,10H,6-7,9H2,1-3H3. The van der Waals surface area contributed by atoms with Crippen LogP contribution in [-0.2, 0) is 16.1 Å². The highest BCUT2D eigenvalue weighted by Crippen LogP contribution is 2.31. The van der Waals surface area contributed by atoms with E-state index in [-0.39, 0.29) is 5.91 Å². The van der Waals surface area contributed by atoms with Crippen LogP contribution in [0.3, 0.4) is 0 Å². The Morgan fingerprint density at radius 2 is 2.29 bits per heavy atom. The molecular formula is C13H19NO3. The van der Waals surface area contributed by atoms with Crippen molar-refractivity contribution in [2.24, 2.45) is 0 Å². The van der Waals surface area contributed by atoms with Gasteiger partial charge in [0.15, 0.2) is 0 Å². The lowest BCUT2D eigenvalue weighted by Gasteiger charge is -2.30. The number of hydrogen-bond acceptors (Lipinski definition) is 3. The zero-order valence-corrected chi connectivity index (χ0v) is 10.6. The van der Waals surface area contributed by atoms with E-state index in [0.717, 1.165) is 18.6 Å². The van der Waals surface area contributed by atoms with E-state index in [1.165, 1.54) is 0 Å². The summed E-state index contributed by atoms with van der Waals surface area (Å²) in [4.78, 5) is 14.2. The highest BCUT2D eigenvalue weighted by molar-refractivity contribution is 5.84. The number of carbonyl (C=O) groups is 1. The molecule has 0 unspecified atom stereocenters. The number of rotatable bonds is 5. The normalized spacial score (nSPS) is 15.9. The number of hydrogen-bond donors (Lipinski definition) is 0. The van der Waals surface area contributed by atoms with Gasteiger partial charge in [0.1, 0.15) is 11.4 Å². The highest BCUT2D eigenvalue weighted by Gasteiger charge is 2.40.